The highest BCUT2D eigenvalue weighted by molar-refractivity contribution is 5.94. The van der Waals surface area contributed by atoms with Crippen LogP contribution in [0, 0.1) is 6.92 Å². The van der Waals surface area contributed by atoms with Crippen LogP contribution in [0.4, 0.5) is 5.69 Å². The number of rotatable bonds is 5. The second-order valence-electron chi connectivity index (χ2n) is 10.6. The molecule has 0 radical (unpaired) electrons. The average molecular weight is 540 g/mol. The van der Waals surface area contributed by atoms with Gasteiger partial charge in [0.25, 0.3) is 5.91 Å². The zero-order valence-corrected chi connectivity index (χ0v) is 22.8. The number of carbonyl (C=O) groups is 1. The Kier molecular flexibility index (Phi) is 6.57. The van der Waals surface area contributed by atoms with Gasteiger partial charge in [0.2, 0.25) is 0 Å². The molecule has 0 bridgehead atoms. The van der Waals surface area contributed by atoms with E-state index in [1.165, 1.54) is 11.3 Å². The molecule has 10 heteroatoms. The summed E-state index contributed by atoms with van der Waals surface area (Å²) in [7, 11) is 0. The lowest BCUT2D eigenvalue weighted by molar-refractivity contribution is 0.0297. The summed E-state index contributed by atoms with van der Waals surface area (Å²) in [6.07, 6.45) is 4.60. The zero-order chi connectivity index (χ0) is 27.1. The third kappa shape index (κ3) is 4.56. The van der Waals surface area contributed by atoms with E-state index in [1.807, 2.05) is 28.7 Å². The minimum absolute atomic E-state index is 0.0504. The first-order valence-electron chi connectivity index (χ1n) is 14.0. The Morgan fingerprint density at radius 2 is 1.75 bits per heavy atom. The molecule has 2 fully saturated rings. The van der Waals surface area contributed by atoms with Crippen LogP contribution in [0.3, 0.4) is 0 Å². The summed E-state index contributed by atoms with van der Waals surface area (Å²) in [5, 5.41) is 1.11. The Hall–Kier alpha value is -4.02. The van der Waals surface area contributed by atoms with E-state index in [1.54, 1.807) is 6.33 Å². The number of morpholine rings is 1. The summed E-state index contributed by atoms with van der Waals surface area (Å²) >= 11 is 0. The van der Waals surface area contributed by atoms with E-state index < -0.39 is 0 Å². The van der Waals surface area contributed by atoms with Crippen molar-refractivity contribution >= 4 is 22.5 Å². The Morgan fingerprint density at radius 3 is 2.60 bits per heavy atom. The summed E-state index contributed by atoms with van der Waals surface area (Å²) in [6, 6.07) is 12.6. The first kappa shape index (κ1) is 25.0. The molecule has 2 aromatic carbocycles. The fraction of sp³-hybridized carbons (Fsp3) is 0.400. The van der Waals surface area contributed by atoms with Gasteiger partial charge in [-0.05, 0) is 37.1 Å². The summed E-state index contributed by atoms with van der Waals surface area (Å²) in [6.45, 7) is 9.48. The van der Waals surface area contributed by atoms with Crippen molar-refractivity contribution in [2.75, 3.05) is 63.9 Å². The minimum atomic E-state index is -0.0504. The summed E-state index contributed by atoms with van der Waals surface area (Å²) in [4.78, 5) is 33.4. The number of aromatic nitrogens is 4. The molecule has 0 saturated carbocycles. The van der Waals surface area contributed by atoms with Crippen molar-refractivity contribution in [1.29, 1.82) is 0 Å². The van der Waals surface area contributed by atoms with Crippen LogP contribution in [-0.2, 0) is 17.8 Å². The monoisotopic (exact) mass is 539 g/mol. The van der Waals surface area contributed by atoms with Crippen molar-refractivity contribution in [1.82, 2.24) is 29.3 Å². The minimum Gasteiger partial charge on any atom is -0.485 e. The van der Waals surface area contributed by atoms with E-state index >= 15 is 0 Å². The molecule has 0 N–H and O–H groups in total. The van der Waals surface area contributed by atoms with Crippen molar-refractivity contribution in [3.8, 4) is 11.4 Å². The fourth-order valence-electron chi connectivity index (χ4n) is 5.98. The lowest BCUT2D eigenvalue weighted by Gasteiger charge is -2.36. The van der Waals surface area contributed by atoms with Crippen molar-refractivity contribution in [3.63, 3.8) is 0 Å². The van der Waals surface area contributed by atoms with Crippen LogP contribution >= 0.6 is 0 Å². The molecule has 1 amide bonds. The van der Waals surface area contributed by atoms with Gasteiger partial charge < -0.3 is 19.3 Å². The Morgan fingerprint density at radius 1 is 0.950 bits per heavy atom. The highest BCUT2D eigenvalue weighted by Gasteiger charge is 2.29. The van der Waals surface area contributed by atoms with Gasteiger partial charge in [0.05, 0.1) is 30.1 Å². The number of nitrogens with zero attached hydrogens (tertiary/aromatic N) is 7. The van der Waals surface area contributed by atoms with Crippen molar-refractivity contribution in [3.05, 3.63) is 71.7 Å². The third-order valence-electron chi connectivity index (χ3n) is 8.19. The molecule has 4 aromatic rings. The van der Waals surface area contributed by atoms with Gasteiger partial charge in [0.15, 0.2) is 5.69 Å². The maximum absolute atomic E-state index is 13.1. The standard InChI is InChI=1S/C30H33N7O3/c1-21-31-18-23-24(33-21)5-3-6-25(23)35-12-10-34(11-13-35)9-8-22-4-2-7-26-29(22)40-19-27-28(32-20-37(26)27)30(38)36-14-16-39-17-15-36/h2-7,18,20H,8-17,19H2,1H3. The quantitative estimate of drug-likeness (QED) is 0.383. The molecule has 0 aliphatic carbocycles. The number of amides is 1. The first-order valence-corrected chi connectivity index (χ1v) is 14.0. The van der Waals surface area contributed by atoms with Crippen LogP contribution in [-0.4, -0.2) is 94.3 Å². The van der Waals surface area contributed by atoms with Crippen LogP contribution in [0.2, 0.25) is 0 Å². The molecule has 206 valence electrons. The van der Waals surface area contributed by atoms with E-state index in [0.29, 0.717) is 38.6 Å². The Bertz CT molecular complexity index is 1550. The normalized spacial score (nSPS) is 17.4. The lowest BCUT2D eigenvalue weighted by atomic mass is 10.1. The van der Waals surface area contributed by atoms with Gasteiger partial charge >= 0.3 is 0 Å². The predicted molar refractivity (Wildman–Crippen MR) is 151 cm³/mol. The van der Waals surface area contributed by atoms with Gasteiger partial charge in [0, 0.05) is 63.1 Å². The summed E-state index contributed by atoms with van der Waals surface area (Å²) in [5.41, 5.74) is 5.63. The maximum Gasteiger partial charge on any atom is 0.274 e. The zero-order valence-electron chi connectivity index (χ0n) is 22.8. The number of carbonyl (C=O) groups excluding carboxylic acids is 1. The van der Waals surface area contributed by atoms with Gasteiger partial charge in [-0.25, -0.2) is 15.0 Å². The highest BCUT2D eigenvalue weighted by atomic mass is 16.5. The second-order valence-corrected chi connectivity index (χ2v) is 10.6. The molecule has 5 heterocycles. The van der Waals surface area contributed by atoms with Crippen molar-refractivity contribution < 1.29 is 14.3 Å². The second kappa shape index (κ2) is 10.5. The number of hydrogen-bond donors (Lipinski definition) is 0. The molecule has 3 aliphatic heterocycles. The topological polar surface area (TPSA) is 88.9 Å². The predicted octanol–water partition coefficient (Wildman–Crippen LogP) is 2.85. The number of piperazine rings is 1. The van der Waals surface area contributed by atoms with Gasteiger partial charge in [0.1, 0.15) is 24.5 Å². The number of fused-ring (bicyclic) bond motifs is 4. The van der Waals surface area contributed by atoms with E-state index in [-0.39, 0.29) is 5.91 Å². The third-order valence-corrected chi connectivity index (χ3v) is 8.19. The van der Waals surface area contributed by atoms with Crippen LogP contribution in [0.5, 0.6) is 5.75 Å². The van der Waals surface area contributed by atoms with Gasteiger partial charge in [-0.1, -0.05) is 18.2 Å². The number of hydrogen-bond acceptors (Lipinski definition) is 8. The van der Waals surface area contributed by atoms with Crippen LogP contribution in [0.1, 0.15) is 27.6 Å². The number of anilines is 1. The summed E-state index contributed by atoms with van der Waals surface area (Å²) < 4.78 is 13.7. The number of para-hydroxylation sites is 1. The Labute approximate surface area is 233 Å². The number of benzene rings is 2. The maximum atomic E-state index is 13.1. The van der Waals surface area contributed by atoms with E-state index in [0.717, 1.165) is 73.0 Å². The summed E-state index contributed by atoms with van der Waals surface area (Å²) in [5.74, 6) is 1.64. The molecule has 0 atom stereocenters. The lowest BCUT2D eigenvalue weighted by Crippen LogP contribution is -2.47. The van der Waals surface area contributed by atoms with E-state index in [4.69, 9.17) is 9.47 Å². The molecule has 40 heavy (non-hydrogen) atoms. The van der Waals surface area contributed by atoms with Gasteiger partial charge in [-0.3, -0.25) is 14.3 Å². The fourth-order valence-corrected chi connectivity index (χ4v) is 5.98. The van der Waals surface area contributed by atoms with Crippen molar-refractivity contribution in [2.45, 2.75) is 20.0 Å². The molecule has 0 unspecified atom stereocenters. The average Bonchev–Trinajstić information content (AvgIpc) is 3.45. The molecule has 3 aliphatic rings. The largest absolute Gasteiger partial charge is 0.485 e. The van der Waals surface area contributed by atoms with Crippen LogP contribution in [0.25, 0.3) is 16.6 Å². The van der Waals surface area contributed by atoms with Gasteiger partial charge in [-0.2, -0.15) is 0 Å². The molecule has 0 spiro atoms. The SMILES string of the molecule is Cc1ncc2c(N3CCN(CCc4cccc5c4OCc4c(C(=O)N6CCOCC6)ncn4-5)CC3)cccc2n1. The number of aryl methyl sites for hydroxylation is 1. The number of imidazole rings is 1. The molecular weight excluding hydrogens is 506 g/mol. The highest BCUT2D eigenvalue weighted by Crippen LogP contribution is 2.35. The molecular formula is C30H33N7O3. The molecule has 10 nitrogen and oxygen atoms in total. The van der Waals surface area contributed by atoms with Crippen LogP contribution in [0.15, 0.2) is 48.9 Å². The Balaban J connectivity index is 1.02. The van der Waals surface area contributed by atoms with E-state index in [2.05, 4.69) is 55.1 Å². The molecule has 2 aromatic heterocycles. The van der Waals surface area contributed by atoms with E-state index in [9.17, 15) is 4.79 Å². The van der Waals surface area contributed by atoms with Crippen LogP contribution < -0.4 is 9.64 Å². The smallest absolute Gasteiger partial charge is 0.274 e. The molecule has 2 saturated heterocycles. The van der Waals surface area contributed by atoms with Gasteiger partial charge in [-0.15, -0.1) is 0 Å². The molecule has 7 rings (SSSR count). The number of ether oxygens (including phenoxy) is 2. The van der Waals surface area contributed by atoms with Crippen molar-refractivity contribution in [2.24, 2.45) is 0 Å². The first-order chi connectivity index (χ1) is 19.7.